The van der Waals surface area contributed by atoms with Gasteiger partial charge in [-0.1, -0.05) is 19.8 Å². The Balaban J connectivity index is 2.29. The highest BCUT2D eigenvalue weighted by molar-refractivity contribution is 4.79. The zero-order valence-corrected chi connectivity index (χ0v) is 10.2. The van der Waals surface area contributed by atoms with Crippen molar-refractivity contribution in [3.05, 3.63) is 0 Å². The van der Waals surface area contributed by atoms with Gasteiger partial charge >= 0.3 is 6.36 Å². The van der Waals surface area contributed by atoms with Crippen LogP contribution in [-0.4, -0.2) is 24.2 Å². The predicted octanol–water partition coefficient (Wildman–Crippen LogP) is 3.49. The molecule has 5 heteroatoms. The van der Waals surface area contributed by atoms with Gasteiger partial charge in [0.25, 0.3) is 0 Å². The van der Waals surface area contributed by atoms with E-state index >= 15 is 0 Å². The predicted molar refractivity (Wildman–Crippen MR) is 58.4 cm³/mol. The molecule has 0 saturated heterocycles. The summed E-state index contributed by atoms with van der Waals surface area (Å²) in [7, 11) is 0. The minimum Gasteiger partial charge on any atom is -0.393 e. The maximum Gasteiger partial charge on any atom is 0.522 e. The lowest BCUT2D eigenvalue weighted by molar-refractivity contribution is -0.325. The molecule has 0 amide bonds. The van der Waals surface area contributed by atoms with Crippen molar-refractivity contribution in [1.82, 2.24) is 0 Å². The molecule has 1 N–H and O–H groups in total. The summed E-state index contributed by atoms with van der Waals surface area (Å²) < 4.78 is 39.2. The second kappa shape index (κ2) is 6.59. The first-order chi connectivity index (χ1) is 7.92. The fourth-order valence-corrected chi connectivity index (χ4v) is 2.65. The van der Waals surface area contributed by atoms with E-state index in [1.807, 2.05) is 0 Å². The van der Waals surface area contributed by atoms with E-state index in [4.69, 9.17) is 0 Å². The fraction of sp³-hybridized carbons (Fsp3) is 1.00. The topological polar surface area (TPSA) is 29.5 Å². The van der Waals surface area contributed by atoms with Gasteiger partial charge in [-0.05, 0) is 37.5 Å². The van der Waals surface area contributed by atoms with Crippen molar-refractivity contribution < 1.29 is 23.0 Å². The Morgan fingerprint density at radius 2 is 1.94 bits per heavy atom. The number of ether oxygens (including phenoxy) is 1. The van der Waals surface area contributed by atoms with E-state index in [1.54, 1.807) is 0 Å². The molecule has 1 aliphatic rings. The van der Waals surface area contributed by atoms with Crippen LogP contribution in [0.4, 0.5) is 13.2 Å². The van der Waals surface area contributed by atoms with Gasteiger partial charge in [-0.2, -0.15) is 0 Å². The molecule has 1 saturated carbocycles. The van der Waals surface area contributed by atoms with E-state index in [1.165, 1.54) is 0 Å². The summed E-state index contributed by atoms with van der Waals surface area (Å²) in [6.45, 7) is 1.76. The third-order valence-electron chi connectivity index (χ3n) is 3.50. The molecule has 0 aromatic rings. The lowest BCUT2D eigenvalue weighted by Gasteiger charge is -2.33. The molecular weight excluding hydrogens is 233 g/mol. The van der Waals surface area contributed by atoms with Crippen molar-refractivity contribution in [2.45, 2.75) is 57.9 Å². The normalized spacial score (nSPS) is 30.5. The second-order valence-corrected chi connectivity index (χ2v) is 4.88. The van der Waals surface area contributed by atoms with E-state index in [-0.39, 0.29) is 12.5 Å². The van der Waals surface area contributed by atoms with Crippen LogP contribution in [0, 0.1) is 11.8 Å². The number of halogens is 3. The lowest BCUT2D eigenvalue weighted by atomic mass is 9.76. The van der Waals surface area contributed by atoms with Gasteiger partial charge in [0, 0.05) is 0 Å². The molecule has 0 aromatic carbocycles. The monoisotopic (exact) mass is 254 g/mol. The van der Waals surface area contributed by atoms with Crippen LogP contribution in [0.25, 0.3) is 0 Å². The van der Waals surface area contributed by atoms with Crippen molar-refractivity contribution >= 4 is 0 Å². The zero-order valence-electron chi connectivity index (χ0n) is 10.2. The van der Waals surface area contributed by atoms with Crippen LogP contribution in [0.2, 0.25) is 0 Å². The molecule has 0 aliphatic heterocycles. The maximum atomic E-state index is 11.8. The van der Waals surface area contributed by atoms with Crippen molar-refractivity contribution in [2.24, 2.45) is 11.8 Å². The summed E-state index contributed by atoms with van der Waals surface area (Å²) in [5.41, 5.74) is 0. The summed E-state index contributed by atoms with van der Waals surface area (Å²) in [5, 5.41) is 9.75. The molecular formula is C12H21F3O2. The Morgan fingerprint density at radius 3 is 2.53 bits per heavy atom. The molecule has 17 heavy (non-hydrogen) atoms. The number of aliphatic hydroxyl groups is 1. The highest BCUT2D eigenvalue weighted by Crippen LogP contribution is 2.34. The third-order valence-corrected chi connectivity index (χ3v) is 3.50. The Kier molecular flexibility index (Phi) is 5.73. The number of hydrogen-bond acceptors (Lipinski definition) is 2. The van der Waals surface area contributed by atoms with Gasteiger partial charge in [-0.15, -0.1) is 13.2 Å². The van der Waals surface area contributed by atoms with Crippen LogP contribution in [0.1, 0.15) is 45.4 Å². The standard InChI is InChI=1S/C12H21F3O2/c1-2-3-9-4-5-11(16)10(8-9)6-7-17-12(13,14)15/h9-11,16H,2-8H2,1H3. The highest BCUT2D eigenvalue weighted by atomic mass is 19.4. The molecule has 3 atom stereocenters. The van der Waals surface area contributed by atoms with Gasteiger partial charge in [-0.3, -0.25) is 4.74 Å². The molecule has 1 aliphatic carbocycles. The van der Waals surface area contributed by atoms with Gasteiger partial charge < -0.3 is 5.11 Å². The van der Waals surface area contributed by atoms with Crippen LogP contribution >= 0.6 is 0 Å². The Hall–Kier alpha value is -0.290. The van der Waals surface area contributed by atoms with E-state index in [9.17, 15) is 18.3 Å². The minimum absolute atomic E-state index is 0.0392. The van der Waals surface area contributed by atoms with Crippen LogP contribution < -0.4 is 0 Å². The Morgan fingerprint density at radius 1 is 1.24 bits per heavy atom. The van der Waals surface area contributed by atoms with E-state index in [2.05, 4.69) is 11.7 Å². The summed E-state index contributed by atoms with van der Waals surface area (Å²) in [4.78, 5) is 0. The van der Waals surface area contributed by atoms with Crippen LogP contribution in [0.5, 0.6) is 0 Å². The zero-order chi connectivity index (χ0) is 12.9. The molecule has 1 fully saturated rings. The number of aliphatic hydroxyl groups excluding tert-OH is 1. The van der Waals surface area contributed by atoms with Crippen LogP contribution in [-0.2, 0) is 4.74 Å². The highest BCUT2D eigenvalue weighted by Gasteiger charge is 2.32. The Labute approximate surface area is 100 Å². The van der Waals surface area contributed by atoms with Crippen molar-refractivity contribution in [2.75, 3.05) is 6.61 Å². The van der Waals surface area contributed by atoms with Gasteiger partial charge in [0.15, 0.2) is 0 Å². The summed E-state index contributed by atoms with van der Waals surface area (Å²) >= 11 is 0. The van der Waals surface area contributed by atoms with Gasteiger partial charge in [0.05, 0.1) is 12.7 Å². The van der Waals surface area contributed by atoms with Crippen molar-refractivity contribution in [1.29, 1.82) is 0 Å². The first-order valence-corrected chi connectivity index (χ1v) is 6.31. The molecule has 0 spiro atoms. The van der Waals surface area contributed by atoms with Crippen LogP contribution in [0.3, 0.4) is 0 Å². The van der Waals surface area contributed by atoms with Gasteiger partial charge in [0.2, 0.25) is 0 Å². The average molecular weight is 254 g/mol. The van der Waals surface area contributed by atoms with E-state index < -0.39 is 12.5 Å². The van der Waals surface area contributed by atoms with Crippen molar-refractivity contribution in [3.63, 3.8) is 0 Å². The van der Waals surface area contributed by atoms with E-state index in [0.717, 1.165) is 25.7 Å². The Bertz CT molecular complexity index is 218. The first kappa shape index (κ1) is 14.8. The number of hydrogen-bond donors (Lipinski definition) is 1. The second-order valence-electron chi connectivity index (χ2n) is 4.88. The summed E-state index contributed by atoms with van der Waals surface area (Å²) in [6, 6.07) is 0. The number of rotatable bonds is 5. The molecule has 0 heterocycles. The fourth-order valence-electron chi connectivity index (χ4n) is 2.65. The largest absolute Gasteiger partial charge is 0.522 e. The average Bonchev–Trinajstić information content (AvgIpc) is 2.21. The molecule has 1 rings (SSSR count). The number of alkyl halides is 3. The molecule has 0 bridgehead atoms. The van der Waals surface area contributed by atoms with Gasteiger partial charge in [-0.25, -0.2) is 0 Å². The van der Waals surface area contributed by atoms with Crippen molar-refractivity contribution in [3.8, 4) is 0 Å². The summed E-state index contributed by atoms with van der Waals surface area (Å²) in [6.07, 6.45) is 0.00235. The molecule has 2 nitrogen and oxygen atoms in total. The molecule has 102 valence electrons. The van der Waals surface area contributed by atoms with E-state index in [0.29, 0.717) is 18.8 Å². The molecule has 3 unspecified atom stereocenters. The van der Waals surface area contributed by atoms with Gasteiger partial charge in [0.1, 0.15) is 0 Å². The molecule has 0 radical (unpaired) electrons. The first-order valence-electron chi connectivity index (χ1n) is 6.31. The molecule has 0 aromatic heterocycles. The smallest absolute Gasteiger partial charge is 0.393 e. The third kappa shape index (κ3) is 5.73. The maximum absolute atomic E-state index is 11.8. The minimum atomic E-state index is -4.55. The summed E-state index contributed by atoms with van der Waals surface area (Å²) in [5.74, 6) is 0.516. The lowest BCUT2D eigenvalue weighted by Crippen LogP contribution is -2.30. The SMILES string of the molecule is CCCC1CCC(O)C(CCOC(F)(F)F)C1. The quantitative estimate of drug-likeness (QED) is 0.813. The van der Waals surface area contributed by atoms with Crippen LogP contribution in [0.15, 0.2) is 0 Å².